The van der Waals surface area contributed by atoms with Gasteiger partial charge in [0, 0.05) is 24.3 Å². The van der Waals surface area contributed by atoms with Crippen LogP contribution in [0.25, 0.3) is 0 Å². The van der Waals surface area contributed by atoms with E-state index < -0.39 is 0 Å². The molecule has 2 rings (SSSR count). The van der Waals surface area contributed by atoms with E-state index in [2.05, 4.69) is 17.6 Å². The molecule has 0 aromatic heterocycles. The molecule has 0 saturated carbocycles. The van der Waals surface area contributed by atoms with E-state index in [4.69, 9.17) is 27.9 Å². The first kappa shape index (κ1) is 14.7. The van der Waals surface area contributed by atoms with Crippen molar-refractivity contribution in [3.05, 3.63) is 22.2 Å². The molecule has 6 heteroatoms. The van der Waals surface area contributed by atoms with Gasteiger partial charge in [0.2, 0.25) is 0 Å². The Bertz CT molecular complexity index is 414. The van der Waals surface area contributed by atoms with Crippen molar-refractivity contribution in [3.8, 4) is 5.75 Å². The molecule has 1 fully saturated rings. The maximum atomic E-state index is 9.51. The Morgan fingerprint density at radius 1 is 1.47 bits per heavy atom. The van der Waals surface area contributed by atoms with Crippen LogP contribution in [0.3, 0.4) is 0 Å². The number of morpholine rings is 1. The van der Waals surface area contributed by atoms with E-state index in [9.17, 15) is 5.11 Å². The van der Waals surface area contributed by atoms with Gasteiger partial charge in [-0.25, -0.2) is 0 Å². The van der Waals surface area contributed by atoms with E-state index >= 15 is 0 Å². The van der Waals surface area contributed by atoms with E-state index in [1.165, 1.54) is 0 Å². The monoisotopic (exact) mass is 304 g/mol. The van der Waals surface area contributed by atoms with Crippen LogP contribution in [0, 0.1) is 0 Å². The molecule has 4 nitrogen and oxygen atoms in total. The van der Waals surface area contributed by atoms with Crippen molar-refractivity contribution in [2.24, 2.45) is 0 Å². The van der Waals surface area contributed by atoms with E-state index in [1.54, 1.807) is 12.1 Å². The Kier molecular flexibility index (Phi) is 5.16. The lowest BCUT2D eigenvalue weighted by molar-refractivity contribution is 0.0731. The van der Waals surface area contributed by atoms with Crippen LogP contribution in [0.4, 0.5) is 5.69 Å². The highest BCUT2D eigenvalue weighted by Crippen LogP contribution is 2.34. The number of aromatic hydroxyl groups is 1. The minimum atomic E-state index is -0.0797. The number of hydrogen-bond donors (Lipinski definition) is 3. The molecule has 1 aliphatic rings. The largest absolute Gasteiger partial charge is 0.505 e. The van der Waals surface area contributed by atoms with Crippen LogP contribution < -0.4 is 10.6 Å². The standard InChI is InChI=1S/C13H18Cl2N2O2/c1-8(4-10-7-19-3-2-16-10)17-9-5-11(14)13(18)12(15)6-9/h5-6,8,10,16-18H,2-4,7H2,1H3. The number of benzene rings is 1. The van der Waals surface area contributed by atoms with E-state index in [0.717, 1.165) is 31.9 Å². The summed E-state index contributed by atoms with van der Waals surface area (Å²) in [5, 5.41) is 16.7. The van der Waals surface area contributed by atoms with Crippen molar-refractivity contribution >= 4 is 28.9 Å². The lowest BCUT2D eigenvalue weighted by atomic mass is 10.1. The summed E-state index contributed by atoms with van der Waals surface area (Å²) in [6.07, 6.45) is 0.941. The van der Waals surface area contributed by atoms with Crippen LogP contribution in [0.15, 0.2) is 12.1 Å². The minimum absolute atomic E-state index is 0.0797. The van der Waals surface area contributed by atoms with Gasteiger partial charge in [0.15, 0.2) is 5.75 Å². The second kappa shape index (κ2) is 6.66. The number of phenols is 1. The van der Waals surface area contributed by atoms with E-state index in [-0.39, 0.29) is 21.8 Å². The molecule has 1 heterocycles. The average molecular weight is 305 g/mol. The molecule has 0 spiro atoms. The van der Waals surface area contributed by atoms with Gasteiger partial charge < -0.3 is 20.5 Å². The van der Waals surface area contributed by atoms with Gasteiger partial charge in [-0.2, -0.15) is 0 Å². The molecule has 0 radical (unpaired) electrons. The van der Waals surface area contributed by atoms with Crippen molar-refractivity contribution in [3.63, 3.8) is 0 Å². The lowest BCUT2D eigenvalue weighted by Crippen LogP contribution is -2.43. The molecule has 1 saturated heterocycles. The smallest absolute Gasteiger partial charge is 0.152 e. The summed E-state index contributed by atoms with van der Waals surface area (Å²) in [5.41, 5.74) is 0.803. The second-order valence-corrected chi connectivity index (χ2v) is 5.61. The summed E-state index contributed by atoms with van der Waals surface area (Å²) in [7, 11) is 0. The van der Waals surface area contributed by atoms with Crippen molar-refractivity contribution in [1.82, 2.24) is 5.32 Å². The number of anilines is 1. The van der Waals surface area contributed by atoms with E-state index in [0.29, 0.717) is 6.04 Å². The van der Waals surface area contributed by atoms with Crippen LogP contribution in [-0.2, 0) is 4.74 Å². The number of nitrogens with one attached hydrogen (secondary N) is 2. The molecule has 2 atom stereocenters. The highest BCUT2D eigenvalue weighted by molar-refractivity contribution is 6.37. The Morgan fingerprint density at radius 2 is 2.16 bits per heavy atom. The molecular formula is C13H18Cl2N2O2. The molecule has 3 N–H and O–H groups in total. The summed E-state index contributed by atoms with van der Waals surface area (Å²) in [6.45, 7) is 4.50. The van der Waals surface area contributed by atoms with E-state index in [1.807, 2.05) is 0 Å². The minimum Gasteiger partial charge on any atom is -0.505 e. The first-order valence-electron chi connectivity index (χ1n) is 6.32. The normalized spacial score (nSPS) is 21.1. The van der Waals surface area contributed by atoms with Crippen molar-refractivity contribution in [1.29, 1.82) is 0 Å². The fourth-order valence-corrected chi connectivity index (χ4v) is 2.68. The highest BCUT2D eigenvalue weighted by atomic mass is 35.5. The fourth-order valence-electron chi connectivity index (χ4n) is 2.19. The lowest BCUT2D eigenvalue weighted by Gasteiger charge is -2.27. The fraction of sp³-hybridized carbons (Fsp3) is 0.538. The van der Waals surface area contributed by atoms with Crippen molar-refractivity contribution in [2.45, 2.75) is 25.4 Å². The Morgan fingerprint density at radius 3 is 2.74 bits per heavy atom. The summed E-state index contributed by atoms with van der Waals surface area (Å²) >= 11 is 11.8. The zero-order valence-corrected chi connectivity index (χ0v) is 12.3. The maximum absolute atomic E-state index is 9.51. The molecule has 0 aliphatic carbocycles. The van der Waals surface area contributed by atoms with Gasteiger partial charge in [-0.3, -0.25) is 0 Å². The molecule has 0 bridgehead atoms. The average Bonchev–Trinajstić information content (AvgIpc) is 2.37. The first-order valence-corrected chi connectivity index (χ1v) is 7.07. The highest BCUT2D eigenvalue weighted by Gasteiger charge is 2.16. The van der Waals surface area contributed by atoms with Gasteiger partial charge >= 0.3 is 0 Å². The molecule has 19 heavy (non-hydrogen) atoms. The first-order chi connectivity index (χ1) is 9.06. The predicted octanol–water partition coefficient (Wildman–Crippen LogP) is 2.88. The third-order valence-corrected chi connectivity index (χ3v) is 3.64. The summed E-state index contributed by atoms with van der Waals surface area (Å²) in [6, 6.07) is 3.95. The molecule has 1 aliphatic heterocycles. The Balaban J connectivity index is 1.92. The summed E-state index contributed by atoms with van der Waals surface area (Å²) in [4.78, 5) is 0. The zero-order valence-electron chi connectivity index (χ0n) is 10.7. The SMILES string of the molecule is CC(CC1COCCN1)Nc1cc(Cl)c(O)c(Cl)c1. The third kappa shape index (κ3) is 4.14. The Hall–Kier alpha value is -0.680. The summed E-state index contributed by atoms with van der Waals surface area (Å²) < 4.78 is 5.42. The number of halogens is 2. The number of ether oxygens (including phenoxy) is 1. The molecular weight excluding hydrogens is 287 g/mol. The van der Waals surface area contributed by atoms with Gasteiger partial charge in [0.05, 0.1) is 23.3 Å². The van der Waals surface area contributed by atoms with Crippen LogP contribution >= 0.6 is 23.2 Å². The van der Waals surface area contributed by atoms with Gasteiger partial charge in [0.1, 0.15) is 0 Å². The quantitative estimate of drug-likeness (QED) is 0.749. The number of phenolic OH excluding ortho intramolecular Hbond substituents is 1. The van der Waals surface area contributed by atoms with Gasteiger partial charge in [-0.15, -0.1) is 0 Å². The van der Waals surface area contributed by atoms with Crippen molar-refractivity contribution in [2.75, 3.05) is 25.1 Å². The summed E-state index contributed by atoms with van der Waals surface area (Å²) in [5.74, 6) is -0.0797. The molecule has 1 aromatic rings. The number of rotatable bonds is 4. The van der Waals surface area contributed by atoms with Crippen LogP contribution in [-0.4, -0.2) is 36.9 Å². The van der Waals surface area contributed by atoms with Gasteiger partial charge in [0.25, 0.3) is 0 Å². The van der Waals surface area contributed by atoms with Crippen LogP contribution in [0.5, 0.6) is 5.75 Å². The van der Waals surface area contributed by atoms with Gasteiger partial charge in [-0.1, -0.05) is 23.2 Å². The molecule has 0 amide bonds. The maximum Gasteiger partial charge on any atom is 0.152 e. The molecule has 1 aromatic carbocycles. The molecule has 106 valence electrons. The Labute approximate surface area is 123 Å². The van der Waals surface area contributed by atoms with Crippen LogP contribution in [0.1, 0.15) is 13.3 Å². The predicted molar refractivity (Wildman–Crippen MR) is 78.4 cm³/mol. The number of hydrogen-bond acceptors (Lipinski definition) is 4. The zero-order chi connectivity index (χ0) is 13.8. The van der Waals surface area contributed by atoms with Crippen LogP contribution in [0.2, 0.25) is 10.0 Å². The van der Waals surface area contributed by atoms with Gasteiger partial charge in [-0.05, 0) is 25.5 Å². The molecule has 2 unspecified atom stereocenters. The van der Waals surface area contributed by atoms with Crippen molar-refractivity contribution < 1.29 is 9.84 Å². The topological polar surface area (TPSA) is 53.5 Å². The third-order valence-electron chi connectivity index (χ3n) is 3.07. The second-order valence-electron chi connectivity index (χ2n) is 4.80.